The zero-order valence-corrected chi connectivity index (χ0v) is 27.5. The van der Waals surface area contributed by atoms with Crippen molar-refractivity contribution in [3.8, 4) is 0 Å². The number of imidazole rings is 1. The second kappa shape index (κ2) is 12.9. The van der Waals surface area contributed by atoms with Gasteiger partial charge in [-0.3, -0.25) is 18.6 Å². The Labute approximate surface area is 263 Å². The van der Waals surface area contributed by atoms with E-state index in [-0.39, 0.29) is 21.8 Å². The van der Waals surface area contributed by atoms with Crippen molar-refractivity contribution in [1.82, 2.24) is 29.3 Å². The molecular formula is C20H29N8O14P3S. The number of nitrogens with two attached hydrogens (primary N) is 1. The van der Waals surface area contributed by atoms with Gasteiger partial charge in [-0.2, -0.15) is 18.7 Å². The summed E-state index contributed by atoms with van der Waals surface area (Å²) in [4.78, 5) is 61.2. The lowest BCUT2D eigenvalue weighted by Crippen LogP contribution is -2.34. The lowest BCUT2D eigenvalue weighted by Gasteiger charge is -2.22. The van der Waals surface area contributed by atoms with Crippen LogP contribution >= 0.6 is 35.7 Å². The van der Waals surface area contributed by atoms with Gasteiger partial charge in [0, 0.05) is 13.1 Å². The number of nitrogen functional groups attached to an aromatic ring is 1. The quantitative estimate of drug-likeness (QED) is 0.101. The van der Waals surface area contributed by atoms with Crippen molar-refractivity contribution in [2.75, 3.05) is 17.7 Å². The fourth-order valence-electron chi connectivity index (χ4n) is 4.76. The fraction of sp³-hybridized carbons (Fsp3) is 0.550. The minimum atomic E-state index is -5.78. The number of rotatable bonds is 12. The number of phosphoric acid groups is 3. The number of carbonyl (C=O) groups is 1. The molecule has 2 aliphatic rings. The average Bonchev–Trinajstić information content (AvgIpc) is 3.64. The van der Waals surface area contributed by atoms with Crippen LogP contribution < -0.4 is 11.1 Å². The molecule has 3 aromatic rings. The number of carbonyl (C=O) groups excluding carboxylic acids is 1. The molecule has 0 radical (unpaired) electrons. The van der Waals surface area contributed by atoms with Gasteiger partial charge in [0.05, 0.1) is 18.6 Å². The Morgan fingerprint density at radius 3 is 2.52 bits per heavy atom. The first-order valence-electron chi connectivity index (χ1n) is 13.1. The highest BCUT2D eigenvalue weighted by Crippen LogP contribution is 2.66. The molecule has 6 unspecified atom stereocenters. The molecule has 5 rings (SSSR count). The van der Waals surface area contributed by atoms with Crippen LogP contribution in [0.4, 0.5) is 11.8 Å². The van der Waals surface area contributed by atoms with Gasteiger partial charge in [-0.1, -0.05) is 26.1 Å². The van der Waals surface area contributed by atoms with E-state index in [0.717, 1.165) is 5.69 Å². The molecule has 0 aliphatic carbocycles. The third kappa shape index (κ3) is 7.97. The third-order valence-electron chi connectivity index (χ3n) is 6.40. The van der Waals surface area contributed by atoms with E-state index in [2.05, 4.69) is 34.0 Å². The number of aromatic amines is 1. The van der Waals surface area contributed by atoms with E-state index < -0.39 is 66.8 Å². The number of nitrogens with one attached hydrogen (secondary N) is 2. The zero-order valence-electron chi connectivity index (χ0n) is 24.0. The summed E-state index contributed by atoms with van der Waals surface area (Å²) in [5.41, 5.74) is 6.96. The first-order chi connectivity index (χ1) is 21.3. The number of fused-ring (bicyclic) bond motifs is 2. The number of nitrogens with zero attached hydrogens (tertiary/aromatic N) is 5. The summed E-state index contributed by atoms with van der Waals surface area (Å²) in [6.45, 7) is 3.15. The van der Waals surface area contributed by atoms with Gasteiger partial charge in [-0.15, -0.1) is 0 Å². The summed E-state index contributed by atoms with van der Waals surface area (Å²) < 4.78 is 68.1. The molecular weight excluding hydrogens is 701 g/mol. The number of anilines is 2. The van der Waals surface area contributed by atoms with Gasteiger partial charge >= 0.3 is 23.5 Å². The van der Waals surface area contributed by atoms with E-state index in [0.29, 0.717) is 18.2 Å². The molecule has 0 bridgehead atoms. The van der Waals surface area contributed by atoms with Gasteiger partial charge in [0.2, 0.25) is 12.2 Å². The van der Waals surface area contributed by atoms with Crippen molar-refractivity contribution in [2.24, 2.45) is 13.0 Å². The molecule has 8 N–H and O–H groups in total. The van der Waals surface area contributed by atoms with E-state index in [1.165, 1.54) is 15.6 Å². The van der Waals surface area contributed by atoms with Crippen LogP contribution in [0.15, 0.2) is 12.4 Å². The SMILES string of the molecule is CC(C)Cc1cc(NC(=O)[C@@H]2OC3C(COP(=O)(O)OP(=O)(O)OP(=O)(O)O)OC(n4cnc5c(=S)[nH]c(N)nc54)C3O2)n(C)n1. The van der Waals surface area contributed by atoms with Crippen LogP contribution in [0.3, 0.4) is 0 Å². The molecule has 26 heteroatoms. The van der Waals surface area contributed by atoms with Gasteiger partial charge in [-0.05, 0) is 12.3 Å². The van der Waals surface area contributed by atoms with E-state index in [1.807, 2.05) is 13.8 Å². The first kappa shape index (κ1) is 34.9. The largest absolute Gasteiger partial charge is 0.490 e. The molecule has 0 spiro atoms. The summed E-state index contributed by atoms with van der Waals surface area (Å²) in [6.07, 6.45) is -4.33. The zero-order chi connectivity index (χ0) is 33.8. The summed E-state index contributed by atoms with van der Waals surface area (Å²) in [7, 11) is -15.3. The Balaban J connectivity index is 1.38. The summed E-state index contributed by atoms with van der Waals surface area (Å²) in [6, 6.07) is 1.70. The van der Waals surface area contributed by atoms with Crippen LogP contribution in [0.5, 0.6) is 0 Å². The van der Waals surface area contributed by atoms with Gasteiger partial charge in [-0.25, -0.2) is 18.7 Å². The van der Waals surface area contributed by atoms with Gasteiger partial charge < -0.3 is 49.8 Å². The highest BCUT2D eigenvalue weighted by molar-refractivity contribution is 7.71. The average molecular weight is 730 g/mol. The molecule has 2 saturated heterocycles. The lowest BCUT2D eigenvalue weighted by atomic mass is 10.1. The van der Waals surface area contributed by atoms with Gasteiger partial charge in [0.15, 0.2) is 11.9 Å². The number of hydrogen-bond acceptors (Lipinski definition) is 15. The molecule has 2 fully saturated rings. The topological polar surface area (TPSA) is 307 Å². The van der Waals surface area contributed by atoms with E-state index >= 15 is 0 Å². The number of phosphoric ester groups is 1. The van der Waals surface area contributed by atoms with Crippen LogP contribution in [-0.4, -0.2) is 86.0 Å². The fourth-order valence-corrected chi connectivity index (χ4v) is 8.04. The minimum absolute atomic E-state index is 0.0492. The molecule has 46 heavy (non-hydrogen) atoms. The molecule has 3 aromatic heterocycles. The van der Waals surface area contributed by atoms with Gasteiger partial charge in [0.1, 0.15) is 34.3 Å². The Morgan fingerprint density at radius 2 is 1.85 bits per heavy atom. The van der Waals surface area contributed by atoms with Crippen molar-refractivity contribution < 1.29 is 65.4 Å². The maximum atomic E-state index is 13.2. The number of ether oxygens (including phenoxy) is 3. The smallest absolute Gasteiger partial charge is 0.369 e. The van der Waals surface area contributed by atoms with Crippen molar-refractivity contribution in [1.29, 1.82) is 0 Å². The summed E-state index contributed by atoms with van der Waals surface area (Å²) in [5.74, 6) is -0.0980. The predicted octanol–water partition coefficient (Wildman–Crippen LogP) is 0.993. The Kier molecular flexibility index (Phi) is 9.75. The Morgan fingerprint density at radius 1 is 1.15 bits per heavy atom. The van der Waals surface area contributed by atoms with Crippen molar-refractivity contribution >= 4 is 64.5 Å². The lowest BCUT2D eigenvalue weighted by molar-refractivity contribution is -0.166. The first-order valence-corrected chi connectivity index (χ1v) is 18.0. The van der Waals surface area contributed by atoms with Crippen molar-refractivity contribution in [2.45, 2.75) is 51.1 Å². The highest BCUT2D eigenvalue weighted by atomic mass is 32.1. The molecule has 22 nitrogen and oxygen atoms in total. The van der Waals surface area contributed by atoms with Crippen LogP contribution in [0, 0.1) is 10.6 Å². The second-order valence-corrected chi connectivity index (χ2v) is 15.3. The molecule has 5 heterocycles. The van der Waals surface area contributed by atoms with Gasteiger partial charge in [0.25, 0.3) is 5.91 Å². The maximum Gasteiger partial charge on any atom is 0.490 e. The Hall–Kier alpha value is -2.46. The summed E-state index contributed by atoms with van der Waals surface area (Å²) in [5, 5.41) is 7.05. The van der Waals surface area contributed by atoms with E-state index in [1.54, 1.807) is 13.1 Å². The standard InChI is InChI=1S/C20H29N8O14P3S/c1-8(2)4-9-5-11(27(3)26-9)23-16(29)19-39-13-10(6-37-44(33,34)42-45(35,36)41-43(30,31)32)38-18(14(13)40-19)28-7-22-12-15(28)24-20(21)25-17(12)46/h5,7-8,10,13-14,18-19H,4,6H2,1-3H3,(H,23,29)(H,33,34)(H,35,36)(H2,30,31,32)(H3,21,24,25,46)/t10?,13?,14?,18?,19-/m1/s1. The van der Waals surface area contributed by atoms with Crippen LogP contribution in [0.1, 0.15) is 25.8 Å². The minimum Gasteiger partial charge on any atom is -0.369 e. The maximum absolute atomic E-state index is 13.2. The van der Waals surface area contributed by atoms with Crippen molar-refractivity contribution in [3.63, 3.8) is 0 Å². The third-order valence-corrected chi connectivity index (χ3v) is 10.5. The summed E-state index contributed by atoms with van der Waals surface area (Å²) >= 11 is 5.25. The van der Waals surface area contributed by atoms with E-state index in [4.69, 9.17) is 46.5 Å². The number of amides is 1. The second-order valence-electron chi connectivity index (χ2n) is 10.5. The predicted molar refractivity (Wildman–Crippen MR) is 155 cm³/mol. The van der Waals surface area contributed by atoms with E-state index in [9.17, 15) is 28.3 Å². The molecule has 7 atom stereocenters. The number of aromatic nitrogens is 6. The Bertz CT molecular complexity index is 1840. The monoisotopic (exact) mass is 730 g/mol. The molecule has 0 saturated carbocycles. The number of hydrogen-bond donors (Lipinski definition) is 7. The molecule has 0 aromatic carbocycles. The number of aryl methyl sites for hydroxylation is 1. The van der Waals surface area contributed by atoms with Crippen LogP contribution in [0.25, 0.3) is 11.2 Å². The van der Waals surface area contributed by atoms with Crippen molar-refractivity contribution in [3.05, 3.63) is 22.7 Å². The highest BCUT2D eigenvalue weighted by Gasteiger charge is 2.56. The normalized spacial score (nSPS) is 25.9. The molecule has 2 aliphatic heterocycles. The van der Waals surface area contributed by atoms with Crippen LogP contribution in [-0.2, 0) is 59.3 Å². The number of H-pyrrole nitrogens is 1. The van der Waals surface area contributed by atoms with Crippen LogP contribution in [0.2, 0.25) is 0 Å². The molecule has 1 amide bonds. The molecule has 254 valence electrons.